The van der Waals surface area contributed by atoms with Crippen molar-refractivity contribution in [2.24, 2.45) is 0 Å². The fraction of sp³-hybridized carbons (Fsp3) is 0.375. The molecule has 2 aromatic rings. The summed E-state index contributed by atoms with van der Waals surface area (Å²) in [7, 11) is 0. The topological polar surface area (TPSA) is 61.0 Å². The van der Waals surface area contributed by atoms with E-state index in [9.17, 15) is 4.79 Å². The van der Waals surface area contributed by atoms with E-state index in [1.807, 2.05) is 13.0 Å². The first-order valence-electron chi connectivity index (χ1n) is 7.31. The molecule has 1 aromatic carbocycles. The SMILES string of the molecule is C[C@H](C(=O)NCc1ccn[nH]1)N1CCc2ccccc2C1. The predicted molar refractivity (Wildman–Crippen MR) is 80.5 cm³/mol. The fourth-order valence-electron chi connectivity index (χ4n) is 2.73. The van der Waals surface area contributed by atoms with Gasteiger partial charge < -0.3 is 5.32 Å². The predicted octanol–water partition coefficient (Wildman–Crippen LogP) is 1.47. The summed E-state index contributed by atoms with van der Waals surface area (Å²) in [5, 5.41) is 9.67. The second-order valence-corrected chi connectivity index (χ2v) is 5.46. The Morgan fingerprint density at radius 3 is 2.95 bits per heavy atom. The van der Waals surface area contributed by atoms with Crippen LogP contribution in [0.1, 0.15) is 23.7 Å². The molecule has 0 spiro atoms. The van der Waals surface area contributed by atoms with Crippen LogP contribution in [0.15, 0.2) is 36.5 Å². The number of aromatic nitrogens is 2. The number of hydrogen-bond acceptors (Lipinski definition) is 3. The lowest BCUT2D eigenvalue weighted by atomic mass is 9.99. The molecule has 0 unspecified atom stereocenters. The zero-order valence-corrected chi connectivity index (χ0v) is 12.2. The summed E-state index contributed by atoms with van der Waals surface area (Å²) in [6.07, 6.45) is 2.70. The van der Waals surface area contributed by atoms with Crippen LogP contribution in [0, 0.1) is 0 Å². The number of aromatic amines is 1. The Bertz CT molecular complexity index is 608. The van der Waals surface area contributed by atoms with Crippen LogP contribution in [0.4, 0.5) is 0 Å². The van der Waals surface area contributed by atoms with Crippen molar-refractivity contribution in [3.05, 3.63) is 53.3 Å². The van der Waals surface area contributed by atoms with E-state index in [0.29, 0.717) is 6.54 Å². The molecule has 1 amide bonds. The molecule has 1 atom stereocenters. The molecule has 21 heavy (non-hydrogen) atoms. The van der Waals surface area contributed by atoms with Crippen molar-refractivity contribution in [1.29, 1.82) is 0 Å². The molecule has 0 radical (unpaired) electrons. The third-order valence-electron chi connectivity index (χ3n) is 4.10. The van der Waals surface area contributed by atoms with E-state index in [1.54, 1.807) is 6.20 Å². The summed E-state index contributed by atoms with van der Waals surface area (Å²) in [6.45, 7) is 4.23. The van der Waals surface area contributed by atoms with Crippen molar-refractivity contribution in [3.8, 4) is 0 Å². The fourth-order valence-corrected chi connectivity index (χ4v) is 2.73. The molecule has 0 saturated carbocycles. The number of nitrogens with one attached hydrogen (secondary N) is 2. The maximum absolute atomic E-state index is 12.3. The molecule has 2 heterocycles. The first kappa shape index (κ1) is 13.8. The van der Waals surface area contributed by atoms with Crippen LogP contribution >= 0.6 is 0 Å². The highest BCUT2D eigenvalue weighted by molar-refractivity contribution is 5.81. The third kappa shape index (κ3) is 3.13. The summed E-state index contributed by atoms with van der Waals surface area (Å²) in [6, 6.07) is 10.2. The molecule has 1 aliphatic heterocycles. The zero-order chi connectivity index (χ0) is 14.7. The molecule has 1 aromatic heterocycles. The van der Waals surface area contributed by atoms with Crippen molar-refractivity contribution >= 4 is 5.91 Å². The Labute approximate surface area is 124 Å². The zero-order valence-electron chi connectivity index (χ0n) is 12.2. The molecule has 5 nitrogen and oxygen atoms in total. The number of H-pyrrole nitrogens is 1. The van der Waals surface area contributed by atoms with Crippen LogP contribution in [0.5, 0.6) is 0 Å². The summed E-state index contributed by atoms with van der Waals surface area (Å²) in [5.74, 6) is 0.0592. The third-order valence-corrected chi connectivity index (χ3v) is 4.10. The Morgan fingerprint density at radius 1 is 1.38 bits per heavy atom. The summed E-state index contributed by atoms with van der Waals surface area (Å²) in [4.78, 5) is 14.5. The van der Waals surface area contributed by atoms with Gasteiger partial charge in [0.1, 0.15) is 0 Å². The second-order valence-electron chi connectivity index (χ2n) is 5.46. The highest BCUT2D eigenvalue weighted by Crippen LogP contribution is 2.20. The summed E-state index contributed by atoms with van der Waals surface area (Å²) in [5.41, 5.74) is 3.65. The van der Waals surface area contributed by atoms with Crippen LogP contribution in [0.25, 0.3) is 0 Å². The molecule has 0 fully saturated rings. The van der Waals surface area contributed by atoms with Gasteiger partial charge in [-0.3, -0.25) is 14.8 Å². The molecule has 2 N–H and O–H groups in total. The van der Waals surface area contributed by atoms with Crippen molar-refractivity contribution in [3.63, 3.8) is 0 Å². The van der Waals surface area contributed by atoms with E-state index in [1.165, 1.54) is 11.1 Å². The largest absolute Gasteiger partial charge is 0.349 e. The first-order chi connectivity index (χ1) is 10.2. The van der Waals surface area contributed by atoms with Gasteiger partial charge >= 0.3 is 0 Å². The highest BCUT2D eigenvalue weighted by atomic mass is 16.2. The monoisotopic (exact) mass is 284 g/mol. The Balaban J connectivity index is 1.58. The van der Waals surface area contributed by atoms with E-state index in [-0.39, 0.29) is 11.9 Å². The quantitative estimate of drug-likeness (QED) is 0.894. The average Bonchev–Trinajstić information content (AvgIpc) is 3.05. The van der Waals surface area contributed by atoms with E-state index in [4.69, 9.17) is 0 Å². The maximum Gasteiger partial charge on any atom is 0.237 e. The van der Waals surface area contributed by atoms with E-state index in [2.05, 4.69) is 44.7 Å². The molecular weight excluding hydrogens is 264 g/mol. The number of fused-ring (bicyclic) bond motifs is 1. The number of carbonyl (C=O) groups excluding carboxylic acids is 1. The standard InChI is InChI=1S/C16H20N4O/c1-12(16(21)17-10-15-6-8-18-19-15)20-9-7-13-4-2-3-5-14(13)11-20/h2-6,8,12H,7,9-11H2,1H3,(H,17,21)(H,18,19)/t12-/m1/s1. The van der Waals surface area contributed by atoms with Gasteiger partial charge in [0.2, 0.25) is 5.91 Å². The maximum atomic E-state index is 12.3. The highest BCUT2D eigenvalue weighted by Gasteiger charge is 2.24. The summed E-state index contributed by atoms with van der Waals surface area (Å²) >= 11 is 0. The number of benzene rings is 1. The molecule has 0 bridgehead atoms. The Hall–Kier alpha value is -2.14. The first-order valence-corrected chi connectivity index (χ1v) is 7.31. The molecule has 5 heteroatoms. The molecule has 0 saturated heterocycles. The Kier molecular flexibility index (Phi) is 4.01. The minimum absolute atomic E-state index is 0.0592. The molecule has 1 aliphatic rings. The van der Waals surface area contributed by atoms with Crippen molar-refractivity contribution < 1.29 is 4.79 Å². The molecule has 110 valence electrons. The lowest BCUT2D eigenvalue weighted by Crippen LogP contribution is -2.46. The van der Waals surface area contributed by atoms with Gasteiger partial charge in [-0.2, -0.15) is 5.10 Å². The van der Waals surface area contributed by atoms with Gasteiger partial charge in [-0.25, -0.2) is 0 Å². The number of amides is 1. The van der Waals surface area contributed by atoms with Crippen LogP contribution in [-0.2, 0) is 24.3 Å². The summed E-state index contributed by atoms with van der Waals surface area (Å²) < 4.78 is 0. The molecule has 3 rings (SSSR count). The van der Waals surface area contributed by atoms with Gasteiger partial charge in [-0.1, -0.05) is 24.3 Å². The number of rotatable bonds is 4. The van der Waals surface area contributed by atoms with E-state index >= 15 is 0 Å². The van der Waals surface area contributed by atoms with Gasteiger partial charge in [0.25, 0.3) is 0 Å². The van der Waals surface area contributed by atoms with Crippen LogP contribution in [-0.4, -0.2) is 33.6 Å². The van der Waals surface area contributed by atoms with Gasteiger partial charge in [0.15, 0.2) is 0 Å². The van der Waals surface area contributed by atoms with E-state index in [0.717, 1.165) is 25.2 Å². The number of carbonyl (C=O) groups is 1. The molecular formula is C16H20N4O. The van der Waals surface area contributed by atoms with Gasteiger partial charge in [0, 0.05) is 19.3 Å². The smallest absolute Gasteiger partial charge is 0.237 e. The number of hydrogen-bond donors (Lipinski definition) is 2. The second kappa shape index (κ2) is 6.10. The van der Waals surface area contributed by atoms with Crippen LogP contribution < -0.4 is 5.32 Å². The lowest BCUT2D eigenvalue weighted by Gasteiger charge is -2.32. The molecule has 0 aliphatic carbocycles. The van der Waals surface area contributed by atoms with Gasteiger partial charge in [-0.05, 0) is 30.5 Å². The van der Waals surface area contributed by atoms with Crippen LogP contribution in [0.3, 0.4) is 0 Å². The van der Waals surface area contributed by atoms with Gasteiger partial charge in [0.05, 0.1) is 18.3 Å². The lowest BCUT2D eigenvalue weighted by molar-refractivity contribution is -0.126. The van der Waals surface area contributed by atoms with Crippen molar-refractivity contribution in [2.75, 3.05) is 6.54 Å². The van der Waals surface area contributed by atoms with Gasteiger partial charge in [-0.15, -0.1) is 0 Å². The normalized spacial score (nSPS) is 16.2. The average molecular weight is 284 g/mol. The minimum atomic E-state index is -0.124. The van der Waals surface area contributed by atoms with Crippen molar-refractivity contribution in [2.45, 2.75) is 32.5 Å². The van der Waals surface area contributed by atoms with Crippen LogP contribution in [0.2, 0.25) is 0 Å². The Morgan fingerprint density at radius 2 is 2.19 bits per heavy atom. The minimum Gasteiger partial charge on any atom is -0.349 e. The number of nitrogens with zero attached hydrogens (tertiary/aromatic N) is 2. The van der Waals surface area contributed by atoms with E-state index < -0.39 is 0 Å². The van der Waals surface area contributed by atoms with Crippen molar-refractivity contribution in [1.82, 2.24) is 20.4 Å².